The molecule has 1 aliphatic heterocycles. The van der Waals surface area contributed by atoms with Crippen molar-refractivity contribution in [2.24, 2.45) is 5.92 Å². The second-order valence-corrected chi connectivity index (χ2v) is 8.21. The van der Waals surface area contributed by atoms with E-state index in [1.165, 1.54) is 0 Å². The first-order chi connectivity index (χ1) is 15.0. The van der Waals surface area contributed by atoms with Gasteiger partial charge in [0.15, 0.2) is 0 Å². The maximum atomic E-state index is 12.9. The summed E-state index contributed by atoms with van der Waals surface area (Å²) in [5, 5.41) is 2.98. The zero-order valence-corrected chi connectivity index (χ0v) is 18.6. The zero-order chi connectivity index (χ0) is 22.2. The van der Waals surface area contributed by atoms with Crippen LogP contribution in [0.3, 0.4) is 0 Å². The Labute approximate surface area is 184 Å². The molecule has 7 heteroatoms. The number of nitrogens with zero attached hydrogens (tertiary/aromatic N) is 3. The van der Waals surface area contributed by atoms with E-state index >= 15 is 0 Å². The van der Waals surface area contributed by atoms with Gasteiger partial charge in [0.05, 0.1) is 12.7 Å². The molecule has 3 rings (SSSR count). The summed E-state index contributed by atoms with van der Waals surface area (Å²) in [6.07, 6.45) is 3.22. The van der Waals surface area contributed by atoms with Crippen molar-refractivity contribution in [3.8, 4) is 5.75 Å². The molecule has 1 fully saturated rings. The van der Waals surface area contributed by atoms with E-state index in [0.29, 0.717) is 56.4 Å². The molecule has 2 heterocycles. The molecule has 0 aliphatic carbocycles. The maximum Gasteiger partial charge on any atom is 0.255 e. The number of ether oxygens (including phenoxy) is 1. The quantitative estimate of drug-likeness (QED) is 0.705. The van der Waals surface area contributed by atoms with Gasteiger partial charge in [-0.1, -0.05) is 26.0 Å². The summed E-state index contributed by atoms with van der Waals surface area (Å²) in [4.78, 5) is 33.7. The smallest absolute Gasteiger partial charge is 0.255 e. The normalized spacial score (nSPS) is 13.9. The van der Waals surface area contributed by atoms with Crippen molar-refractivity contribution in [3.63, 3.8) is 0 Å². The molecule has 0 bridgehead atoms. The van der Waals surface area contributed by atoms with Crippen LogP contribution in [0.15, 0.2) is 42.6 Å². The van der Waals surface area contributed by atoms with Crippen LogP contribution in [-0.4, -0.2) is 55.0 Å². The molecule has 0 radical (unpaired) electrons. The Morgan fingerprint density at radius 2 is 1.81 bits per heavy atom. The molecule has 0 saturated carbocycles. The molecule has 7 nitrogen and oxygen atoms in total. The fraction of sp³-hybridized carbons (Fsp3) is 0.458. The summed E-state index contributed by atoms with van der Waals surface area (Å²) in [5.74, 6) is 2.04. The van der Waals surface area contributed by atoms with E-state index in [0.717, 1.165) is 17.7 Å². The van der Waals surface area contributed by atoms with Gasteiger partial charge in [0, 0.05) is 45.3 Å². The fourth-order valence-electron chi connectivity index (χ4n) is 3.59. The molecule has 0 spiro atoms. The number of benzene rings is 1. The zero-order valence-electron chi connectivity index (χ0n) is 18.6. The number of pyridine rings is 1. The Morgan fingerprint density at radius 1 is 1.10 bits per heavy atom. The van der Waals surface area contributed by atoms with Crippen LogP contribution in [0.1, 0.15) is 42.6 Å². The summed E-state index contributed by atoms with van der Waals surface area (Å²) in [6.45, 7) is 7.34. The molecular formula is C24H32N4O3. The van der Waals surface area contributed by atoms with E-state index in [9.17, 15) is 9.59 Å². The molecule has 2 aromatic rings. The van der Waals surface area contributed by atoms with Crippen molar-refractivity contribution in [2.75, 3.05) is 38.2 Å². The SMILES string of the molecule is COc1ccc(CNC(=O)c2cccnc2N2CCN(C(=O)CCC(C)C)CC2)cc1. The summed E-state index contributed by atoms with van der Waals surface area (Å²) >= 11 is 0. The number of rotatable bonds is 8. The van der Waals surface area contributed by atoms with E-state index in [1.54, 1.807) is 25.4 Å². The van der Waals surface area contributed by atoms with E-state index in [4.69, 9.17) is 4.74 Å². The van der Waals surface area contributed by atoms with Crippen LogP contribution in [0.25, 0.3) is 0 Å². The molecular weight excluding hydrogens is 392 g/mol. The van der Waals surface area contributed by atoms with E-state index in [1.807, 2.05) is 29.2 Å². The average Bonchev–Trinajstić information content (AvgIpc) is 2.81. The first-order valence-corrected chi connectivity index (χ1v) is 10.9. The van der Waals surface area contributed by atoms with Gasteiger partial charge >= 0.3 is 0 Å². The Bertz CT molecular complexity index is 875. The minimum Gasteiger partial charge on any atom is -0.497 e. The highest BCUT2D eigenvalue weighted by atomic mass is 16.5. The lowest BCUT2D eigenvalue weighted by Crippen LogP contribution is -2.49. The molecule has 31 heavy (non-hydrogen) atoms. The number of piperazine rings is 1. The van der Waals surface area contributed by atoms with Crippen LogP contribution >= 0.6 is 0 Å². The first-order valence-electron chi connectivity index (χ1n) is 10.9. The number of hydrogen-bond donors (Lipinski definition) is 1. The number of aromatic nitrogens is 1. The van der Waals surface area contributed by atoms with Gasteiger partial charge in [0.2, 0.25) is 5.91 Å². The van der Waals surface area contributed by atoms with Crippen LogP contribution in [-0.2, 0) is 11.3 Å². The fourth-order valence-corrected chi connectivity index (χ4v) is 3.59. The van der Waals surface area contributed by atoms with Gasteiger partial charge in [0.1, 0.15) is 11.6 Å². The highest BCUT2D eigenvalue weighted by molar-refractivity contribution is 5.98. The van der Waals surface area contributed by atoms with Gasteiger partial charge in [-0.3, -0.25) is 9.59 Å². The third-order valence-corrected chi connectivity index (χ3v) is 5.51. The van der Waals surface area contributed by atoms with Gasteiger partial charge in [-0.2, -0.15) is 0 Å². The maximum absolute atomic E-state index is 12.9. The third-order valence-electron chi connectivity index (χ3n) is 5.51. The Morgan fingerprint density at radius 3 is 2.45 bits per heavy atom. The summed E-state index contributed by atoms with van der Waals surface area (Å²) in [5.41, 5.74) is 1.55. The van der Waals surface area contributed by atoms with Crippen molar-refractivity contribution in [2.45, 2.75) is 33.2 Å². The van der Waals surface area contributed by atoms with Crippen LogP contribution < -0.4 is 15.0 Å². The van der Waals surface area contributed by atoms with Crippen molar-refractivity contribution in [3.05, 3.63) is 53.7 Å². The summed E-state index contributed by atoms with van der Waals surface area (Å²) in [6, 6.07) is 11.2. The van der Waals surface area contributed by atoms with Crippen LogP contribution in [0.2, 0.25) is 0 Å². The molecule has 2 amide bonds. The van der Waals surface area contributed by atoms with Gasteiger partial charge in [0.25, 0.3) is 5.91 Å². The standard InChI is InChI=1S/C24H32N4O3/c1-18(2)6-11-22(29)27-13-15-28(16-14-27)23-21(5-4-12-25-23)24(30)26-17-19-7-9-20(31-3)10-8-19/h4-5,7-10,12,18H,6,11,13-17H2,1-3H3,(H,26,30). The summed E-state index contributed by atoms with van der Waals surface area (Å²) < 4.78 is 5.17. The van der Waals surface area contributed by atoms with Crippen molar-refractivity contribution in [1.82, 2.24) is 15.2 Å². The van der Waals surface area contributed by atoms with Gasteiger partial charge in [-0.15, -0.1) is 0 Å². The van der Waals surface area contributed by atoms with E-state index < -0.39 is 0 Å². The monoisotopic (exact) mass is 424 g/mol. The molecule has 1 N–H and O–H groups in total. The molecule has 1 aromatic carbocycles. The van der Waals surface area contributed by atoms with Crippen molar-refractivity contribution < 1.29 is 14.3 Å². The van der Waals surface area contributed by atoms with Gasteiger partial charge in [-0.25, -0.2) is 4.98 Å². The predicted octanol–water partition coefficient (Wildman–Crippen LogP) is 3.11. The van der Waals surface area contributed by atoms with Crippen LogP contribution in [0.5, 0.6) is 5.75 Å². The second-order valence-electron chi connectivity index (χ2n) is 8.21. The lowest BCUT2D eigenvalue weighted by molar-refractivity contribution is -0.131. The number of methoxy groups -OCH3 is 1. The van der Waals surface area contributed by atoms with Crippen LogP contribution in [0, 0.1) is 5.92 Å². The number of hydrogen-bond acceptors (Lipinski definition) is 5. The van der Waals surface area contributed by atoms with Gasteiger partial charge in [-0.05, 0) is 42.2 Å². The molecule has 0 unspecified atom stereocenters. The minimum absolute atomic E-state index is 0.158. The number of anilines is 1. The Balaban J connectivity index is 1.58. The lowest BCUT2D eigenvalue weighted by atomic mass is 10.1. The lowest BCUT2D eigenvalue weighted by Gasteiger charge is -2.36. The summed E-state index contributed by atoms with van der Waals surface area (Å²) in [7, 11) is 1.63. The molecule has 1 aromatic heterocycles. The molecule has 0 atom stereocenters. The Kier molecular flexibility index (Phi) is 7.87. The number of carbonyl (C=O) groups excluding carboxylic acids is 2. The van der Waals surface area contributed by atoms with E-state index in [-0.39, 0.29) is 11.8 Å². The highest BCUT2D eigenvalue weighted by Gasteiger charge is 2.24. The highest BCUT2D eigenvalue weighted by Crippen LogP contribution is 2.20. The van der Waals surface area contributed by atoms with Crippen molar-refractivity contribution >= 4 is 17.6 Å². The van der Waals surface area contributed by atoms with E-state index in [2.05, 4.69) is 29.0 Å². The number of nitrogens with one attached hydrogen (secondary N) is 1. The minimum atomic E-state index is -0.158. The predicted molar refractivity (Wildman–Crippen MR) is 121 cm³/mol. The van der Waals surface area contributed by atoms with Gasteiger partial charge < -0.3 is 19.9 Å². The molecule has 166 valence electrons. The number of amides is 2. The number of carbonyl (C=O) groups is 2. The molecule has 1 aliphatic rings. The topological polar surface area (TPSA) is 74.8 Å². The second kappa shape index (κ2) is 10.8. The molecule has 1 saturated heterocycles. The largest absolute Gasteiger partial charge is 0.497 e. The third kappa shape index (κ3) is 6.20. The average molecular weight is 425 g/mol. The van der Waals surface area contributed by atoms with Crippen molar-refractivity contribution in [1.29, 1.82) is 0 Å². The Hall–Kier alpha value is -3.09. The van der Waals surface area contributed by atoms with Crippen LogP contribution in [0.4, 0.5) is 5.82 Å². The first kappa shape index (κ1) is 22.6.